The minimum atomic E-state index is -4.62. The second-order valence-electron chi connectivity index (χ2n) is 6.85. The predicted octanol–water partition coefficient (Wildman–Crippen LogP) is 3.83. The lowest BCUT2D eigenvalue weighted by Gasteiger charge is -2.31. The summed E-state index contributed by atoms with van der Waals surface area (Å²) >= 11 is 0. The number of benzene rings is 2. The van der Waals surface area contributed by atoms with Crippen LogP contribution in [0.25, 0.3) is 0 Å². The number of alkyl halides is 3. The van der Waals surface area contributed by atoms with E-state index in [1.165, 1.54) is 12.1 Å². The van der Waals surface area contributed by atoms with Gasteiger partial charge in [0.05, 0.1) is 16.8 Å². The summed E-state index contributed by atoms with van der Waals surface area (Å²) in [6.07, 6.45) is -2.11. The van der Waals surface area contributed by atoms with Crippen LogP contribution in [-0.4, -0.2) is 32.6 Å². The van der Waals surface area contributed by atoms with Crippen LogP contribution in [0.15, 0.2) is 41.3 Å². The van der Waals surface area contributed by atoms with Crippen molar-refractivity contribution in [3.05, 3.63) is 47.5 Å². The first-order valence-electron chi connectivity index (χ1n) is 9.01. The largest absolute Gasteiger partial charge is 0.478 e. The summed E-state index contributed by atoms with van der Waals surface area (Å²) in [6, 6.07) is 6.04. The summed E-state index contributed by atoms with van der Waals surface area (Å²) in [5.74, 6) is -1.93. The number of sulfonamides is 1. The third-order valence-electron chi connectivity index (χ3n) is 4.67. The topological polar surface area (TPSA) is 110 Å². The number of hydrogen-bond acceptors (Lipinski definition) is 5. The number of ether oxygens (including phenoxy) is 1. The smallest absolute Gasteiger partial charge is 0.416 e. The standard InChI is InChI=1S/C19H19F3N2O5S/c20-19(21,22)13-5-4-6-14(11-13)29-17-15(24-7-2-1-3-8-24)9-12(18(25)26)10-16(17)30(23,27)28/h4-6,9-11H,1-3,7-8H2,(H,25,26)(H2,23,27,28). The van der Waals surface area contributed by atoms with Crippen LogP contribution in [0, 0.1) is 0 Å². The number of carboxylic acid groups (broad SMARTS) is 1. The second-order valence-corrected chi connectivity index (χ2v) is 8.38. The van der Waals surface area contributed by atoms with Crippen LogP contribution in [0.1, 0.15) is 35.2 Å². The lowest BCUT2D eigenvalue weighted by Crippen LogP contribution is -2.30. The molecule has 0 amide bonds. The lowest BCUT2D eigenvalue weighted by molar-refractivity contribution is -0.137. The summed E-state index contributed by atoms with van der Waals surface area (Å²) in [7, 11) is -4.45. The number of anilines is 1. The van der Waals surface area contributed by atoms with Crippen molar-refractivity contribution in [3.8, 4) is 11.5 Å². The zero-order chi connectivity index (χ0) is 22.1. The molecule has 2 aromatic rings. The molecule has 0 atom stereocenters. The Morgan fingerprint density at radius 2 is 1.77 bits per heavy atom. The fourth-order valence-electron chi connectivity index (χ4n) is 3.25. The molecule has 2 aromatic carbocycles. The van der Waals surface area contributed by atoms with E-state index in [9.17, 15) is 31.5 Å². The van der Waals surface area contributed by atoms with Crippen LogP contribution in [0.5, 0.6) is 11.5 Å². The van der Waals surface area contributed by atoms with E-state index in [-0.39, 0.29) is 22.7 Å². The Balaban J connectivity index is 2.19. The monoisotopic (exact) mass is 444 g/mol. The van der Waals surface area contributed by atoms with E-state index in [0.29, 0.717) is 13.1 Å². The average molecular weight is 444 g/mol. The Morgan fingerprint density at radius 1 is 1.10 bits per heavy atom. The average Bonchev–Trinajstić information content (AvgIpc) is 2.67. The summed E-state index contributed by atoms with van der Waals surface area (Å²) in [5.41, 5.74) is -1.15. The van der Waals surface area contributed by atoms with Crippen molar-refractivity contribution in [2.45, 2.75) is 30.3 Å². The van der Waals surface area contributed by atoms with Crippen molar-refractivity contribution in [3.63, 3.8) is 0 Å². The number of carboxylic acids is 1. The number of primary sulfonamides is 1. The molecular formula is C19H19F3N2O5S. The fraction of sp³-hybridized carbons (Fsp3) is 0.316. The van der Waals surface area contributed by atoms with Gasteiger partial charge in [0, 0.05) is 13.1 Å². The molecule has 30 heavy (non-hydrogen) atoms. The third-order valence-corrected chi connectivity index (χ3v) is 5.58. The molecule has 0 aliphatic carbocycles. The first kappa shape index (κ1) is 21.9. The van der Waals surface area contributed by atoms with E-state index in [0.717, 1.165) is 43.5 Å². The van der Waals surface area contributed by atoms with E-state index in [1.54, 1.807) is 4.90 Å². The maximum Gasteiger partial charge on any atom is 0.416 e. The van der Waals surface area contributed by atoms with Crippen molar-refractivity contribution in [1.82, 2.24) is 0 Å². The number of nitrogens with zero attached hydrogens (tertiary/aromatic N) is 1. The summed E-state index contributed by atoms with van der Waals surface area (Å²) in [5, 5.41) is 14.7. The minimum Gasteiger partial charge on any atom is -0.478 e. The predicted molar refractivity (Wildman–Crippen MR) is 102 cm³/mol. The molecule has 3 rings (SSSR count). The quantitative estimate of drug-likeness (QED) is 0.725. The Morgan fingerprint density at radius 3 is 2.33 bits per heavy atom. The fourth-order valence-corrected chi connectivity index (χ4v) is 3.94. The van der Waals surface area contributed by atoms with Gasteiger partial charge in [-0.25, -0.2) is 18.4 Å². The number of hydrogen-bond donors (Lipinski definition) is 2. The van der Waals surface area contributed by atoms with Gasteiger partial charge in [0.15, 0.2) is 5.75 Å². The molecule has 1 aliphatic rings. The van der Waals surface area contributed by atoms with Gasteiger partial charge in [-0.1, -0.05) is 6.07 Å². The van der Waals surface area contributed by atoms with Crippen LogP contribution in [0.3, 0.4) is 0 Å². The minimum absolute atomic E-state index is 0.149. The molecule has 1 saturated heterocycles. The molecule has 3 N–H and O–H groups in total. The van der Waals surface area contributed by atoms with Gasteiger partial charge < -0.3 is 14.7 Å². The molecule has 0 unspecified atom stereocenters. The number of halogens is 3. The first-order valence-corrected chi connectivity index (χ1v) is 10.6. The van der Waals surface area contributed by atoms with Crippen molar-refractivity contribution >= 4 is 21.7 Å². The summed E-state index contributed by atoms with van der Waals surface area (Å²) < 4.78 is 69.1. The Labute approximate surface area is 170 Å². The molecule has 7 nitrogen and oxygen atoms in total. The maximum atomic E-state index is 13.0. The van der Waals surface area contributed by atoms with Gasteiger partial charge in [-0.15, -0.1) is 0 Å². The number of piperidine rings is 1. The van der Waals surface area contributed by atoms with Crippen LogP contribution in [-0.2, 0) is 16.2 Å². The van der Waals surface area contributed by atoms with Gasteiger partial charge in [0.2, 0.25) is 10.0 Å². The van der Waals surface area contributed by atoms with Gasteiger partial charge >= 0.3 is 12.1 Å². The zero-order valence-corrected chi connectivity index (χ0v) is 16.5. The van der Waals surface area contributed by atoms with Crippen LogP contribution >= 0.6 is 0 Å². The van der Waals surface area contributed by atoms with Crippen LogP contribution in [0.4, 0.5) is 18.9 Å². The van der Waals surface area contributed by atoms with Gasteiger partial charge in [-0.2, -0.15) is 13.2 Å². The number of nitrogens with two attached hydrogens (primary N) is 1. The molecule has 0 saturated carbocycles. The summed E-state index contributed by atoms with van der Waals surface area (Å²) in [6.45, 7) is 1.01. The van der Waals surface area contributed by atoms with Crippen molar-refractivity contribution in [2.75, 3.05) is 18.0 Å². The Kier molecular flexibility index (Phi) is 5.95. The van der Waals surface area contributed by atoms with Crippen LogP contribution < -0.4 is 14.8 Å². The molecule has 0 bridgehead atoms. The van der Waals surface area contributed by atoms with E-state index < -0.39 is 32.6 Å². The van der Waals surface area contributed by atoms with Gasteiger partial charge in [-0.05, 0) is 49.6 Å². The third kappa shape index (κ3) is 4.85. The van der Waals surface area contributed by atoms with E-state index in [1.807, 2.05) is 0 Å². The van der Waals surface area contributed by atoms with E-state index in [4.69, 9.17) is 9.88 Å². The molecule has 0 radical (unpaired) electrons. The molecule has 1 heterocycles. The molecule has 1 fully saturated rings. The number of aromatic carboxylic acids is 1. The van der Waals surface area contributed by atoms with Gasteiger partial charge in [0.25, 0.3) is 0 Å². The molecule has 0 spiro atoms. The molecule has 1 aliphatic heterocycles. The second kappa shape index (κ2) is 8.15. The van der Waals surface area contributed by atoms with Crippen molar-refractivity contribution in [1.29, 1.82) is 0 Å². The maximum absolute atomic E-state index is 13.0. The van der Waals surface area contributed by atoms with Gasteiger partial charge in [0.1, 0.15) is 10.6 Å². The molecule has 11 heteroatoms. The van der Waals surface area contributed by atoms with Crippen molar-refractivity contribution < 1.29 is 36.2 Å². The van der Waals surface area contributed by atoms with E-state index >= 15 is 0 Å². The highest BCUT2D eigenvalue weighted by molar-refractivity contribution is 7.89. The highest BCUT2D eigenvalue weighted by Crippen LogP contribution is 2.41. The number of carbonyl (C=O) groups is 1. The highest BCUT2D eigenvalue weighted by atomic mass is 32.2. The normalized spacial score (nSPS) is 15.1. The van der Waals surface area contributed by atoms with Gasteiger partial charge in [-0.3, -0.25) is 0 Å². The Hall–Kier alpha value is -2.79. The number of rotatable bonds is 5. The zero-order valence-electron chi connectivity index (χ0n) is 15.6. The molecule has 162 valence electrons. The highest BCUT2D eigenvalue weighted by Gasteiger charge is 2.31. The van der Waals surface area contributed by atoms with Crippen LogP contribution in [0.2, 0.25) is 0 Å². The Bertz CT molecular complexity index is 1060. The van der Waals surface area contributed by atoms with E-state index in [2.05, 4.69) is 0 Å². The molecule has 0 aromatic heterocycles. The first-order chi connectivity index (χ1) is 14.0. The lowest BCUT2D eigenvalue weighted by atomic mass is 10.1. The SMILES string of the molecule is NS(=O)(=O)c1cc(C(=O)O)cc(N2CCCCC2)c1Oc1cccc(C(F)(F)F)c1. The molecular weight excluding hydrogens is 425 g/mol. The van der Waals surface area contributed by atoms with Crippen molar-refractivity contribution in [2.24, 2.45) is 5.14 Å². The summed E-state index contributed by atoms with van der Waals surface area (Å²) in [4.78, 5) is 12.7.